The zero-order valence-corrected chi connectivity index (χ0v) is 13.6. The summed E-state index contributed by atoms with van der Waals surface area (Å²) in [6, 6.07) is 2.19. The Kier molecular flexibility index (Phi) is 3.02. The molecule has 7 nitrogen and oxygen atoms in total. The number of hydrogen-bond acceptors (Lipinski definition) is 6. The van der Waals surface area contributed by atoms with Gasteiger partial charge in [0, 0.05) is 11.7 Å². The van der Waals surface area contributed by atoms with Gasteiger partial charge in [0.2, 0.25) is 0 Å². The Balaban J connectivity index is 1.85. The van der Waals surface area contributed by atoms with Gasteiger partial charge in [-0.1, -0.05) is 5.16 Å². The van der Waals surface area contributed by atoms with Gasteiger partial charge in [-0.25, -0.2) is 9.67 Å². The number of nitrogens with two attached hydrogens (primary N) is 1. The summed E-state index contributed by atoms with van der Waals surface area (Å²) in [4.78, 5) is 9.16. The van der Waals surface area contributed by atoms with Crippen LogP contribution in [0.2, 0.25) is 0 Å². The summed E-state index contributed by atoms with van der Waals surface area (Å²) >= 11 is 0. The van der Waals surface area contributed by atoms with Crippen molar-refractivity contribution in [3.8, 4) is 11.5 Å². The normalized spacial score (nSPS) is 16.9. The van der Waals surface area contributed by atoms with E-state index in [1.54, 1.807) is 0 Å². The monoisotopic (exact) mass is 312 g/mol. The van der Waals surface area contributed by atoms with E-state index in [2.05, 4.69) is 34.1 Å². The molecule has 3 aromatic rings. The maximum absolute atomic E-state index is 6.29. The van der Waals surface area contributed by atoms with Crippen LogP contribution in [0.25, 0.3) is 22.5 Å². The standard InChI is InChI=1S/C16H20N6O/c1-9(2)22-13-12(8-18-22)11(7-10(3)19-13)14-20-15(21-23-14)16(17)5-4-6-16/h7-9H,4-6,17H2,1-3H3. The molecule has 120 valence electrons. The molecule has 3 aromatic heterocycles. The van der Waals surface area contributed by atoms with Crippen molar-refractivity contribution < 1.29 is 4.52 Å². The number of rotatable bonds is 3. The maximum atomic E-state index is 6.29. The predicted octanol–water partition coefficient (Wildman–Crippen LogP) is 2.71. The molecule has 7 heteroatoms. The molecule has 1 saturated carbocycles. The second-order valence-electron chi connectivity index (χ2n) is 6.66. The van der Waals surface area contributed by atoms with Gasteiger partial charge in [-0.05, 0) is 46.1 Å². The summed E-state index contributed by atoms with van der Waals surface area (Å²) in [7, 11) is 0. The van der Waals surface area contributed by atoms with E-state index >= 15 is 0 Å². The minimum atomic E-state index is -0.426. The smallest absolute Gasteiger partial charge is 0.258 e. The molecule has 0 spiro atoms. The summed E-state index contributed by atoms with van der Waals surface area (Å²) in [6.07, 6.45) is 4.73. The second kappa shape index (κ2) is 4.86. The van der Waals surface area contributed by atoms with Crippen molar-refractivity contribution in [1.29, 1.82) is 0 Å². The van der Waals surface area contributed by atoms with Crippen LogP contribution in [0.3, 0.4) is 0 Å². The van der Waals surface area contributed by atoms with Crippen molar-refractivity contribution in [2.75, 3.05) is 0 Å². The molecule has 1 fully saturated rings. The molecular formula is C16H20N6O. The number of hydrogen-bond donors (Lipinski definition) is 1. The molecule has 0 saturated heterocycles. The molecule has 4 rings (SSSR count). The molecular weight excluding hydrogens is 292 g/mol. The largest absolute Gasteiger partial charge is 0.334 e. The third-order valence-electron chi connectivity index (χ3n) is 4.53. The molecule has 0 bridgehead atoms. The Labute approximate surface area is 133 Å². The van der Waals surface area contributed by atoms with Gasteiger partial charge in [0.05, 0.1) is 22.7 Å². The maximum Gasteiger partial charge on any atom is 0.258 e. The van der Waals surface area contributed by atoms with Crippen LogP contribution in [0.1, 0.15) is 50.7 Å². The summed E-state index contributed by atoms with van der Waals surface area (Å²) in [5.41, 5.74) is 8.45. The first-order valence-corrected chi connectivity index (χ1v) is 7.96. The first-order chi connectivity index (χ1) is 11.0. The molecule has 0 atom stereocenters. The predicted molar refractivity (Wildman–Crippen MR) is 85.7 cm³/mol. The van der Waals surface area contributed by atoms with Gasteiger partial charge in [0.1, 0.15) is 0 Å². The van der Waals surface area contributed by atoms with Crippen LogP contribution in [0.15, 0.2) is 16.8 Å². The Morgan fingerprint density at radius 2 is 2.09 bits per heavy atom. The number of aryl methyl sites for hydroxylation is 1. The lowest BCUT2D eigenvalue weighted by Gasteiger charge is -2.34. The van der Waals surface area contributed by atoms with Gasteiger partial charge < -0.3 is 10.3 Å². The number of aromatic nitrogens is 5. The Hall–Kier alpha value is -2.28. The molecule has 1 aliphatic rings. The van der Waals surface area contributed by atoms with Crippen molar-refractivity contribution in [2.24, 2.45) is 5.73 Å². The average molecular weight is 312 g/mol. The number of nitrogens with zero attached hydrogens (tertiary/aromatic N) is 5. The minimum absolute atomic E-state index is 0.232. The Morgan fingerprint density at radius 1 is 1.30 bits per heavy atom. The zero-order valence-electron chi connectivity index (χ0n) is 13.6. The van der Waals surface area contributed by atoms with Gasteiger partial charge in [-0.15, -0.1) is 0 Å². The summed E-state index contributed by atoms with van der Waals surface area (Å²) in [5.74, 6) is 1.08. The molecule has 1 aliphatic carbocycles. The Morgan fingerprint density at radius 3 is 2.74 bits per heavy atom. The van der Waals surface area contributed by atoms with E-state index in [9.17, 15) is 0 Å². The van der Waals surface area contributed by atoms with Crippen molar-refractivity contribution in [2.45, 2.75) is 51.6 Å². The highest BCUT2D eigenvalue weighted by Gasteiger charge is 2.39. The van der Waals surface area contributed by atoms with Crippen molar-refractivity contribution >= 4 is 11.0 Å². The summed E-state index contributed by atoms with van der Waals surface area (Å²) in [6.45, 7) is 6.11. The van der Waals surface area contributed by atoms with Gasteiger partial charge in [-0.3, -0.25) is 0 Å². The van der Waals surface area contributed by atoms with Crippen LogP contribution in [-0.2, 0) is 5.54 Å². The summed E-state index contributed by atoms with van der Waals surface area (Å²) < 4.78 is 7.40. The van der Waals surface area contributed by atoms with Crippen LogP contribution in [0.5, 0.6) is 0 Å². The fourth-order valence-electron chi connectivity index (χ4n) is 3.01. The van der Waals surface area contributed by atoms with E-state index in [1.165, 1.54) is 0 Å². The molecule has 0 aliphatic heterocycles. The lowest BCUT2D eigenvalue weighted by Crippen LogP contribution is -2.44. The van der Waals surface area contributed by atoms with Crippen LogP contribution in [0.4, 0.5) is 0 Å². The molecule has 0 aromatic carbocycles. The number of pyridine rings is 1. The molecule has 0 unspecified atom stereocenters. The first-order valence-electron chi connectivity index (χ1n) is 7.96. The highest BCUT2D eigenvalue weighted by molar-refractivity contribution is 5.90. The van der Waals surface area contributed by atoms with Gasteiger partial charge >= 0.3 is 0 Å². The fourth-order valence-corrected chi connectivity index (χ4v) is 3.01. The molecule has 2 N–H and O–H groups in total. The van der Waals surface area contributed by atoms with Gasteiger partial charge in [0.15, 0.2) is 11.5 Å². The third kappa shape index (κ3) is 2.15. The van der Waals surface area contributed by atoms with Crippen molar-refractivity contribution in [3.05, 3.63) is 23.8 Å². The van der Waals surface area contributed by atoms with E-state index in [1.807, 2.05) is 23.9 Å². The van der Waals surface area contributed by atoms with E-state index in [-0.39, 0.29) is 6.04 Å². The second-order valence-corrected chi connectivity index (χ2v) is 6.66. The van der Waals surface area contributed by atoms with Crippen molar-refractivity contribution in [3.63, 3.8) is 0 Å². The lowest BCUT2D eigenvalue weighted by atomic mass is 9.77. The Bertz CT molecular complexity index is 874. The third-order valence-corrected chi connectivity index (χ3v) is 4.53. The zero-order chi connectivity index (χ0) is 16.2. The van der Waals surface area contributed by atoms with Gasteiger partial charge in [0.25, 0.3) is 5.89 Å². The molecule has 0 amide bonds. The highest BCUT2D eigenvalue weighted by atomic mass is 16.5. The molecule has 3 heterocycles. The lowest BCUT2D eigenvalue weighted by molar-refractivity contribution is 0.229. The SMILES string of the molecule is Cc1cc(-c2nc(C3(N)CCC3)no2)c2cnn(C(C)C)c2n1. The highest BCUT2D eigenvalue weighted by Crippen LogP contribution is 2.38. The van der Waals surface area contributed by atoms with E-state index in [4.69, 9.17) is 10.3 Å². The van der Waals surface area contributed by atoms with Crippen LogP contribution in [0, 0.1) is 6.92 Å². The number of fused-ring (bicyclic) bond motifs is 1. The topological polar surface area (TPSA) is 95.6 Å². The van der Waals surface area contributed by atoms with E-state index in [0.29, 0.717) is 11.7 Å². The van der Waals surface area contributed by atoms with Crippen LogP contribution >= 0.6 is 0 Å². The fraction of sp³-hybridized carbons (Fsp3) is 0.500. The molecule has 0 radical (unpaired) electrons. The minimum Gasteiger partial charge on any atom is -0.334 e. The van der Waals surface area contributed by atoms with E-state index < -0.39 is 5.54 Å². The van der Waals surface area contributed by atoms with E-state index in [0.717, 1.165) is 41.6 Å². The van der Waals surface area contributed by atoms with Crippen molar-refractivity contribution in [1.82, 2.24) is 24.9 Å². The van der Waals surface area contributed by atoms with Gasteiger partial charge in [-0.2, -0.15) is 10.1 Å². The first kappa shape index (κ1) is 14.3. The van der Waals surface area contributed by atoms with Crippen LogP contribution < -0.4 is 5.73 Å². The van der Waals surface area contributed by atoms with Crippen LogP contribution in [-0.4, -0.2) is 24.9 Å². The quantitative estimate of drug-likeness (QED) is 0.799. The molecule has 23 heavy (non-hydrogen) atoms. The summed E-state index contributed by atoms with van der Waals surface area (Å²) in [5, 5.41) is 9.47. The average Bonchev–Trinajstić information content (AvgIpc) is 3.10.